The van der Waals surface area contributed by atoms with E-state index in [1.807, 2.05) is 60.7 Å². The summed E-state index contributed by atoms with van der Waals surface area (Å²) in [5.74, 6) is -1.68. The number of aliphatic hydroxyl groups excluding tert-OH is 1. The second kappa shape index (κ2) is 19.5. The van der Waals surface area contributed by atoms with Gasteiger partial charge in [0.1, 0.15) is 42.6 Å². The van der Waals surface area contributed by atoms with Gasteiger partial charge < -0.3 is 53.6 Å². The number of ether oxygens (including phenoxy) is 8. The van der Waals surface area contributed by atoms with Gasteiger partial charge in [-0.3, -0.25) is 24.5 Å². The summed E-state index contributed by atoms with van der Waals surface area (Å²) in [4.78, 5) is 48.6. The Balaban J connectivity index is 1.27. The van der Waals surface area contributed by atoms with Gasteiger partial charge in [-0.15, -0.1) is 0 Å². The minimum atomic E-state index is -1.37. The van der Waals surface area contributed by atoms with Crippen LogP contribution in [0.1, 0.15) is 43.8 Å². The van der Waals surface area contributed by atoms with E-state index in [1.54, 1.807) is 12.1 Å². The van der Waals surface area contributed by atoms with Crippen molar-refractivity contribution in [3.63, 3.8) is 0 Å². The van der Waals surface area contributed by atoms with Crippen LogP contribution < -0.4 is 10.6 Å². The maximum Gasteiger partial charge on any atom is 0.303 e. The molecular weight excluding hydrogens is 746 g/mol. The molecule has 1 unspecified atom stereocenters. The van der Waals surface area contributed by atoms with E-state index in [0.717, 1.165) is 16.7 Å². The summed E-state index contributed by atoms with van der Waals surface area (Å²) in [7, 11) is 0. The highest BCUT2D eigenvalue weighted by atomic mass is 16.8. The van der Waals surface area contributed by atoms with E-state index >= 15 is 0 Å². The number of rotatable bonds is 15. The molecule has 0 radical (unpaired) electrons. The van der Waals surface area contributed by atoms with Crippen LogP contribution in [-0.4, -0.2) is 109 Å². The molecule has 3 saturated heterocycles. The summed E-state index contributed by atoms with van der Waals surface area (Å²) in [5, 5.41) is 28.4. The van der Waals surface area contributed by atoms with E-state index < -0.39 is 90.3 Å². The van der Waals surface area contributed by atoms with Crippen LogP contribution in [-0.2, 0) is 65.3 Å². The summed E-state index contributed by atoms with van der Waals surface area (Å²) in [6, 6.07) is 22.2. The predicted octanol–water partition coefficient (Wildman–Crippen LogP) is 2.62. The SMILES string of the molecule is CC(=O)N[C@H]1[C@H](O[C@@H]2[C@H](OC(C)=O)[C@@H](NC(C)=O)[C@@H](OCCc3ccc([N+](=O)[O-])cc3)O[C@@H]2COCc2ccccc2)O[C@@H]2COC(c3ccccc3)O[C@@H]2[C@@H]1O. The van der Waals surface area contributed by atoms with Crippen molar-refractivity contribution in [2.45, 2.75) is 101 Å². The van der Waals surface area contributed by atoms with Crippen molar-refractivity contribution >= 4 is 23.5 Å². The zero-order chi connectivity index (χ0) is 40.5. The van der Waals surface area contributed by atoms with Gasteiger partial charge in [0.2, 0.25) is 11.8 Å². The summed E-state index contributed by atoms with van der Waals surface area (Å²) in [6.07, 6.45) is -9.72. The average molecular weight is 794 g/mol. The lowest BCUT2D eigenvalue weighted by molar-refractivity contribution is -0.384. The van der Waals surface area contributed by atoms with Gasteiger partial charge in [0.15, 0.2) is 25.0 Å². The third kappa shape index (κ3) is 11.0. The molecule has 3 aromatic carbocycles. The summed E-state index contributed by atoms with van der Waals surface area (Å²) in [5.41, 5.74) is 2.29. The number of carbonyl (C=O) groups is 3. The number of aliphatic hydroxyl groups is 1. The maximum atomic E-state index is 12.8. The topological polar surface area (TPSA) is 212 Å². The van der Waals surface area contributed by atoms with Crippen LogP contribution in [0, 0.1) is 10.1 Å². The van der Waals surface area contributed by atoms with Crippen LogP contribution >= 0.6 is 0 Å². The number of amides is 2. The fourth-order valence-corrected chi connectivity index (χ4v) is 7.04. The first-order chi connectivity index (χ1) is 27.5. The molecule has 17 nitrogen and oxygen atoms in total. The quantitative estimate of drug-likeness (QED) is 0.115. The standard InChI is InChI=1S/C40H47N3O14/c1-23(44)41-32-34(47)35-31(22-52-38(56-35)28-12-8-5-9-13-28)55-40(32)57-36-30(21-50-20-27-10-6-4-7-11-27)54-39(33(42-24(2)45)37(36)53-25(3)46)51-19-18-26-14-16-29(17-15-26)43(48)49/h4-17,30-40,47H,18-22H2,1-3H3,(H,41,44)(H,42,45)/t30-,31-,32-,33-,34-,35+,36+,37-,38?,39+,40+/m1/s1. The Morgan fingerprint density at radius 3 is 2.14 bits per heavy atom. The number of nitro groups is 1. The van der Waals surface area contributed by atoms with Crippen LogP contribution in [0.15, 0.2) is 84.9 Å². The van der Waals surface area contributed by atoms with E-state index in [1.165, 1.54) is 32.9 Å². The van der Waals surface area contributed by atoms with Gasteiger partial charge in [-0.05, 0) is 17.5 Å². The minimum absolute atomic E-state index is 0.00525. The molecule has 0 saturated carbocycles. The molecule has 3 aromatic rings. The molecule has 0 aliphatic carbocycles. The van der Waals surface area contributed by atoms with Gasteiger partial charge >= 0.3 is 5.97 Å². The Morgan fingerprint density at radius 1 is 0.825 bits per heavy atom. The molecule has 3 N–H and O–H groups in total. The highest BCUT2D eigenvalue weighted by molar-refractivity contribution is 5.74. The molecule has 6 rings (SSSR count). The van der Waals surface area contributed by atoms with Crippen molar-refractivity contribution in [1.82, 2.24) is 10.6 Å². The molecule has 306 valence electrons. The Hall–Kier alpha value is -4.85. The maximum absolute atomic E-state index is 12.8. The number of benzene rings is 3. The van der Waals surface area contributed by atoms with E-state index in [2.05, 4.69) is 10.6 Å². The first-order valence-corrected chi connectivity index (χ1v) is 18.6. The van der Waals surface area contributed by atoms with E-state index in [-0.39, 0.29) is 32.1 Å². The molecule has 2 amide bonds. The number of nitrogens with zero attached hydrogens (tertiary/aromatic N) is 1. The first kappa shape index (κ1) is 41.8. The number of non-ortho nitro benzene ring substituents is 1. The number of nitrogens with one attached hydrogen (secondary N) is 2. The van der Waals surface area contributed by atoms with E-state index in [4.69, 9.17) is 37.9 Å². The van der Waals surface area contributed by atoms with Crippen molar-refractivity contribution in [3.8, 4) is 0 Å². The second-order valence-corrected chi connectivity index (χ2v) is 13.9. The third-order valence-corrected chi connectivity index (χ3v) is 9.63. The highest BCUT2D eigenvalue weighted by Gasteiger charge is 2.55. The van der Waals surface area contributed by atoms with Gasteiger partial charge in [-0.2, -0.15) is 0 Å². The summed E-state index contributed by atoms with van der Waals surface area (Å²) >= 11 is 0. The molecule has 0 aromatic heterocycles. The highest BCUT2D eigenvalue weighted by Crippen LogP contribution is 2.37. The normalized spacial score (nSPS) is 29.7. The van der Waals surface area contributed by atoms with Crippen LogP contribution in [0.3, 0.4) is 0 Å². The molecule has 0 spiro atoms. The lowest BCUT2D eigenvalue weighted by Gasteiger charge is -2.51. The number of esters is 1. The molecule has 11 atom stereocenters. The van der Waals surface area contributed by atoms with Gasteiger partial charge in [0, 0.05) is 38.5 Å². The van der Waals surface area contributed by atoms with Crippen molar-refractivity contribution in [3.05, 3.63) is 112 Å². The summed E-state index contributed by atoms with van der Waals surface area (Å²) < 4.78 is 49.8. The van der Waals surface area contributed by atoms with Crippen molar-refractivity contribution < 1.29 is 62.3 Å². The van der Waals surface area contributed by atoms with E-state index in [0.29, 0.717) is 6.42 Å². The lowest BCUT2D eigenvalue weighted by atomic mass is 9.93. The molecule has 3 heterocycles. The average Bonchev–Trinajstić information content (AvgIpc) is 3.19. The van der Waals surface area contributed by atoms with Gasteiger partial charge in [-0.25, -0.2) is 0 Å². The summed E-state index contributed by atoms with van der Waals surface area (Å²) in [6.45, 7) is 3.88. The van der Waals surface area contributed by atoms with Gasteiger partial charge in [0.25, 0.3) is 5.69 Å². The number of hydrogen-bond donors (Lipinski definition) is 3. The van der Waals surface area contributed by atoms with Crippen LogP contribution in [0.2, 0.25) is 0 Å². The van der Waals surface area contributed by atoms with Crippen LogP contribution in [0.4, 0.5) is 5.69 Å². The number of nitro benzene ring substituents is 1. The molecule has 17 heteroatoms. The fourth-order valence-electron chi connectivity index (χ4n) is 7.04. The fraction of sp³-hybridized carbons (Fsp3) is 0.475. The van der Waals surface area contributed by atoms with Gasteiger partial charge in [-0.1, -0.05) is 72.8 Å². The Labute approximate surface area is 328 Å². The Kier molecular flexibility index (Phi) is 14.3. The Morgan fingerprint density at radius 2 is 1.49 bits per heavy atom. The molecule has 3 aliphatic rings. The predicted molar refractivity (Wildman–Crippen MR) is 198 cm³/mol. The van der Waals surface area contributed by atoms with Crippen LogP contribution in [0.5, 0.6) is 0 Å². The second-order valence-electron chi connectivity index (χ2n) is 13.9. The van der Waals surface area contributed by atoms with Gasteiger partial charge in [0.05, 0.1) is 31.4 Å². The zero-order valence-electron chi connectivity index (χ0n) is 31.7. The molecule has 3 aliphatic heterocycles. The molecule has 0 bridgehead atoms. The largest absolute Gasteiger partial charge is 0.457 e. The zero-order valence-corrected chi connectivity index (χ0v) is 31.7. The first-order valence-electron chi connectivity index (χ1n) is 18.6. The molecule has 3 fully saturated rings. The monoisotopic (exact) mass is 793 g/mol. The molecule has 57 heavy (non-hydrogen) atoms. The minimum Gasteiger partial charge on any atom is -0.457 e. The van der Waals surface area contributed by atoms with Crippen molar-refractivity contribution in [2.75, 3.05) is 19.8 Å². The smallest absolute Gasteiger partial charge is 0.303 e. The van der Waals surface area contributed by atoms with Crippen LogP contribution in [0.25, 0.3) is 0 Å². The number of hydrogen-bond acceptors (Lipinski definition) is 14. The number of fused-ring (bicyclic) bond motifs is 1. The number of carbonyl (C=O) groups excluding carboxylic acids is 3. The molecular formula is C40H47N3O14. The third-order valence-electron chi connectivity index (χ3n) is 9.63. The van der Waals surface area contributed by atoms with Crippen molar-refractivity contribution in [1.29, 1.82) is 0 Å². The lowest BCUT2D eigenvalue weighted by Crippen LogP contribution is -2.70. The van der Waals surface area contributed by atoms with E-state index in [9.17, 15) is 29.6 Å². The van der Waals surface area contributed by atoms with Crippen molar-refractivity contribution in [2.24, 2.45) is 0 Å². The Bertz CT molecular complexity index is 1800.